The molecule has 1 heterocycles. The Bertz CT molecular complexity index is 455. The van der Waals surface area contributed by atoms with Crippen LogP contribution >= 0.6 is 0 Å². The number of amidine groups is 1. The molecule has 1 unspecified atom stereocenters. The van der Waals surface area contributed by atoms with Crippen LogP contribution in [-0.2, 0) is 0 Å². The fourth-order valence-electron chi connectivity index (χ4n) is 2.05. The number of nitrogens with two attached hydrogens (primary N) is 1. The molecule has 0 fully saturated rings. The molecule has 0 spiro atoms. The van der Waals surface area contributed by atoms with Crippen LogP contribution in [0.1, 0.15) is 44.2 Å². The first-order valence-electron chi connectivity index (χ1n) is 6.08. The zero-order valence-electron chi connectivity index (χ0n) is 10.6. The second-order valence-electron chi connectivity index (χ2n) is 4.96. The molecule has 17 heavy (non-hydrogen) atoms. The predicted octanol–water partition coefficient (Wildman–Crippen LogP) is 2.91. The zero-order chi connectivity index (χ0) is 12.4. The minimum atomic E-state index is 0.345. The molecular formula is C14H19N3. The van der Waals surface area contributed by atoms with Gasteiger partial charge < -0.3 is 5.73 Å². The van der Waals surface area contributed by atoms with E-state index in [1.165, 1.54) is 5.56 Å². The van der Waals surface area contributed by atoms with Gasteiger partial charge in [-0.2, -0.15) is 5.10 Å². The molecule has 1 atom stereocenters. The lowest BCUT2D eigenvalue weighted by Gasteiger charge is -2.17. The molecule has 3 nitrogen and oxygen atoms in total. The van der Waals surface area contributed by atoms with E-state index in [2.05, 4.69) is 55.2 Å². The molecule has 3 heteroatoms. The second-order valence-corrected chi connectivity index (χ2v) is 4.96. The van der Waals surface area contributed by atoms with Crippen LogP contribution in [0.15, 0.2) is 34.5 Å². The van der Waals surface area contributed by atoms with Crippen molar-refractivity contribution in [2.45, 2.75) is 33.1 Å². The largest absolute Gasteiger partial charge is 0.386 e. The molecule has 0 saturated carbocycles. The standard InChI is InChI=1S/C14H19N3/c1-9(2)11-4-6-12(7-5-11)14-10(3)8-13(15)16-17-14/h4-7,9-10H,8H2,1-3H3,(H2,15,16). The fourth-order valence-corrected chi connectivity index (χ4v) is 2.05. The van der Waals surface area contributed by atoms with Gasteiger partial charge in [-0.25, -0.2) is 0 Å². The first kappa shape index (κ1) is 11.8. The molecule has 2 rings (SSSR count). The summed E-state index contributed by atoms with van der Waals surface area (Å²) in [6.45, 7) is 6.53. The summed E-state index contributed by atoms with van der Waals surface area (Å²) in [5.41, 5.74) is 9.21. The highest BCUT2D eigenvalue weighted by Gasteiger charge is 2.18. The number of nitrogens with zero attached hydrogens (tertiary/aromatic N) is 2. The predicted molar refractivity (Wildman–Crippen MR) is 72.5 cm³/mol. The van der Waals surface area contributed by atoms with Gasteiger partial charge in [0.15, 0.2) is 0 Å². The van der Waals surface area contributed by atoms with Crippen molar-refractivity contribution in [2.24, 2.45) is 21.9 Å². The third kappa shape index (κ3) is 2.54. The van der Waals surface area contributed by atoms with E-state index in [9.17, 15) is 0 Å². The Labute approximate surface area is 102 Å². The Morgan fingerprint density at radius 2 is 1.82 bits per heavy atom. The number of rotatable bonds is 2. The Morgan fingerprint density at radius 3 is 2.35 bits per heavy atom. The van der Waals surface area contributed by atoms with Crippen molar-refractivity contribution >= 4 is 11.5 Å². The highest BCUT2D eigenvalue weighted by molar-refractivity contribution is 6.05. The topological polar surface area (TPSA) is 50.7 Å². The smallest absolute Gasteiger partial charge is 0.123 e. The first-order valence-corrected chi connectivity index (χ1v) is 6.08. The van der Waals surface area contributed by atoms with E-state index < -0.39 is 0 Å². The van der Waals surface area contributed by atoms with E-state index in [0.717, 1.165) is 17.7 Å². The number of hydrogen-bond acceptors (Lipinski definition) is 3. The van der Waals surface area contributed by atoms with E-state index >= 15 is 0 Å². The van der Waals surface area contributed by atoms with E-state index in [4.69, 9.17) is 5.73 Å². The molecule has 0 aliphatic carbocycles. The van der Waals surface area contributed by atoms with Crippen LogP contribution in [0, 0.1) is 5.92 Å². The number of hydrogen-bond donors (Lipinski definition) is 1. The summed E-state index contributed by atoms with van der Waals surface area (Å²) in [5, 5.41) is 8.19. The summed E-state index contributed by atoms with van der Waals surface area (Å²) in [6, 6.07) is 8.58. The van der Waals surface area contributed by atoms with Crippen LogP contribution in [-0.4, -0.2) is 11.5 Å². The Kier molecular flexibility index (Phi) is 3.27. The van der Waals surface area contributed by atoms with Gasteiger partial charge in [0.2, 0.25) is 0 Å². The molecule has 0 amide bonds. The van der Waals surface area contributed by atoms with Crippen molar-refractivity contribution in [1.82, 2.24) is 0 Å². The molecule has 90 valence electrons. The second kappa shape index (κ2) is 4.70. The van der Waals surface area contributed by atoms with Crippen molar-refractivity contribution in [3.8, 4) is 0 Å². The lowest BCUT2D eigenvalue weighted by atomic mass is 9.92. The highest BCUT2D eigenvalue weighted by atomic mass is 15.2. The van der Waals surface area contributed by atoms with E-state index in [-0.39, 0.29) is 0 Å². The van der Waals surface area contributed by atoms with E-state index in [1.807, 2.05) is 0 Å². The van der Waals surface area contributed by atoms with Gasteiger partial charge in [-0.15, -0.1) is 5.10 Å². The first-order chi connectivity index (χ1) is 8.08. The molecule has 0 radical (unpaired) electrons. The van der Waals surface area contributed by atoms with E-state index in [0.29, 0.717) is 17.7 Å². The monoisotopic (exact) mass is 229 g/mol. The third-order valence-corrected chi connectivity index (χ3v) is 3.14. The summed E-state index contributed by atoms with van der Waals surface area (Å²) < 4.78 is 0. The lowest BCUT2D eigenvalue weighted by molar-refractivity contribution is 0.783. The van der Waals surface area contributed by atoms with Gasteiger partial charge in [0.05, 0.1) is 5.71 Å². The molecule has 0 aromatic heterocycles. The van der Waals surface area contributed by atoms with Crippen molar-refractivity contribution in [1.29, 1.82) is 0 Å². The average Bonchev–Trinajstić information content (AvgIpc) is 2.29. The summed E-state index contributed by atoms with van der Waals surface area (Å²) >= 11 is 0. The van der Waals surface area contributed by atoms with Gasteiger partial charge in [0.25, 0.3) is 0 Å². The summed E-state index contributed by atoms with van der Waals surface area (Å²) in [5.74, 6) is 1.53. The van der Waals surface area contributed by atoms with Gasteiger partial charge >= 0.3 is 0 Å². The van der Waals surface area contributed by atoms with Crippen LogP contribution in [0.3, 0.4) is 0 Å². The van der Waals surface area contributed by atoms with Crippen LogP contribution in [0.2, 0.25) is 0 Å². The van der Waals surface area contributed by atoms with Gasteiger partial charge in [-0.1, -0.05) is 45.0 Å². The Balaban J connectivity index is 2.29. The van der Waals surface area contributed by atoms with Crippen molar-refractivity contribution in [3.63, 3.8) is 0 Å². The quantitative estimate of drug-likeness (QED) is 0.832. The van der Waals surface area contributed by atoms with Crippen LogP contribution in [0.25, 0.3) is 0 Å². The summed E-state index contributed by atoms with van der Waals surface area (Å²) in [7, 11) is 0. The minimum absolute atomic E-state index is 0.345. The third-order valence-electron chi connectivity index (χ3n) is 3.14. The molecule has 1 aromatic rings. The lowest BCUT2D eigenvalue weighted by Crippen LogP contribution is -2.25. The van der Waals surface area contributed by atoms with Crippen LogP contribution in [0.4, 0.5) is 0 Å². The van der Waals surface area contributed by atoms with Crippen LogP contribution in [0.5, 0.6) is 0 Å². The normalized spacial score (nSPS) is 20.1. The van der Waals surface area contributed by atoms with Gasteiger partial charge in [0.1, 0.15) is 5.84 Å². The maximum Gasteiger partial charge on any atom is 0.123 e. The van der Waals surface area contributed by atoms with E-state index in [1.54, 1.807) is 0 Å². The highest BCUT2D eigenvalue weighted by Crippen LogP contribution is 2.20. The molecule has 1 aliphatic rings. The molecular weight excluding hydrogens is 210 g/mol. The SMILES string of the molecule is CC1CC(N)=NN=C1c1ccc(C(C)C)cc1. The zero-order valence-corrected chi connectivity index (χ0v) is 10.6. The van der Waals surface area contributed by atoms with Gasteiger partial charge in [0, 0.05) is 12.3 Å². The summed E-state index contributed by atoms with van der Waals surface area (Å²) in [4.78, 5) is 0. The molecule has 2 N–H and O–H groups in total. The van der Waals surface area contributed by atoms with Crippen LogP contribution < -0.4 is 5.73 Å². The number of benzene rings is 1. The van der Waals surface area contributed by atoms with Crippen molar-refractivity contribution in [2.75, 3.05) is 0 Å². The molecule has 1 aromatic carbocycles. The minimum Gasteiger partial charge on any atom is -0.386 e. The van der Waals surface area contributed by atoms with Gasteiger partial charge in [-0.3, -0.25) is 0 Å². The summed E-state index contributed by atoms with van der Waals surface area (Å²) in [6.07, 6.45) is 0.796. The van der Waals surface area contributed by atoms with Gasteiger partial charge in [-0.05, 0) is 17.0 Å². The maximum atomic E-state index is 5.67. The van der Waals surface area contributed by atoms with Crippen molar-refractivity contribution in [3.05, 3.63) is 35.4 Å². The fraction of sp³-hybridized carbons (Fsp3) is 0.429. The maximum absolute atomic E-state index is 5.67. The Morgan fingerprint density at radius 1 is 1.18 bits per heavy atom. The Hall–Kier alpha value is -1.64. The molecule has 0 saturated heterocycles. The average molecular weight is 229 g/mol. The van der Waals surface area contributed by atoms with Crippen molar-refractivity contribution < 1.29 is 0 Å². The molecule has 0 bridgehead atoms. The molecule has 1 aliphatic heterocycles.